The molecule has 0 bridgehead atoms. The standard InChI is InChI=1S/C19H34P.H2O4S/c1-4-7-15-20(16-8-5-2,17-9-6-3)18-19-13-11-10-12-14-19;1-5(2,3)4/h10-14H,4-9,15-18H2,1-3H3;(H2,1,2,3,4)/q+1;/p-1. The van der Waals surface area contributed by atoms with Crippen LogP contribution in [0.5, 0.6) is 0 Å². The second kappa shape index (κ2) is 13.7. The average Bonchev–Trinajstić information content (AvgIpc) is 2.55. The van der Waals surface area contributed by atoms with Gasteiger partial charge >= 0.3 is 0 Å². The predicted molar refractivity (Wildman–Crippen MR) is 109 cm³/mol. The molecule has 0 aliphatic rings. The fourth-order valence-corrected chi connectivity index (χ4v) is 8.12. The van der Waals surface area contributed by atoms with Gasteiger partial charge in [-0.05, 0) is 24.8 Å². The van der Waals surface area contributed by atoms with Crippen LogP contribution in [0.15, 0.2) is 30.3 Å². The van der Waals surface area contributed by atoms with Gasteiger partial charge in [0.25, 0.3) is 0 Å². The second-order valence-corrected chi connectivity index (χ2v) is 11.8. The van der Waals surface area contributed by atoms with E-state index in [2.05, 4.69) is 51.1 Å². The first-order valence-corrected chi connectivity index (χ1v) is 13.2. The fraction of sp³-hybridized carbons (Fsp3) is 0.684. The number of hydrogen-bond donors (Lipinski definition) is 1. The van der Waals surface area contributed by atoms with Crippen LogP contribution in [0.2, 0.25) is 0 Å². The van der Waals surface area contributed by atoms with E-state index in [4.69, 9.17) is 17.5 Å². The third-order valence-corrected chi connectivity index (χ3v) is 9.15. The van der Waals surface area contributed by atoms with E-state index < -0.39 is 17.7 Å². The van der Waals surface area contributed by atoms with E-state index in [1.807, 2.05) is 0 Å². The zero-order valence-corrected chi connectivity index (χ0v) is 17.7. The van der Waals surface area contributed by atoms with E-state index in [1.165, 1.54) is 63.2 Å². The van der Waals surface area contributed by atoms with Crippen molar-refractivity contribution in [3.63, 3.8) is 0 Å². The van der Waals surface area contributed by atoms with E-state index in [9.17, 15) is 0 Å². The molecule has 1 aromatic rings. The number of unbranched alkanes of at least 4 members (excludes halogenated alkanes) is 3. The van der Waals surface area contributed by atoms with Gasteiger partial charge in [0.2, 0.25) is 10.4 Å². The van der Waals surface area contributed by atoms with E-state index in [0.717, 1.165) is 0 Å². The Labute approximate surface area is 155 Å². The van der Waals surface area contributed by atoms with Crippen LogP contribution in [-0.2, 0) is 16.6 Å². The van der Waals surface area contributed by atoms with Gasteiger partial charge in [0.15, 0.2) is 0 Å². The summed E-state index contributed by atoms with van der Waals surface area (Å²) in [6.07, 6.45) is 14.4. The normalized spacial score (nSPS) is 11.7. The second-order valence-electron chi connectivity index (χ2n) is 6.64. The highest BCUT2D eigenvalue weighted by Gasteiger charge is 2.35. The van der Waals surface area contributed by atoms with Crippen LogP contribution < -0.4 is 0 Å². The quantitative estimate of drug-likeness (QED) is 0.303. The Morgan fingerprint density at radius 1 is 0.880 bits per heavy atom. The van der Waals surface area contributed by atoms with Crippen molar-refractivity contribution >= 4 is 17.7 Å². The third-order valence-electron chi connectivity index (χ3n) is 4.32. The highest BCUT2D eigenvalue weighted by molar-refractivity contribution is 7.79. The molecule has 0 saturated heterocycles. The lowest BCUT2D eigenvalue weighted by molar-refractivity contribution is 0.366. The smallest absolute Gasteiger partial charge is 0.215 e. The lowest BCUT2D eigenvalue weighted by Crippen LogP contribution is -2.11. The number of hydrogen-bond acceptors (Lipinski definition) is 3. The van der Waals surface area contributed by atoms with E-state index >= 15 is 0 Å². The van der Waals surface area contributed by atoms with Gasteiger partial charge in [-0.15, -0.1) is 0 Å². The van der Waals surface area contributed by atoms with Crippen LogP contribution in [0, 0.1) is 0 Å². The van der Waals surface area contributed by atoms with Crippen LogP contribution in [0.25, 0.3) is 0 Å². The Bertz CT molecular complexity index is 502. The third kappa shape index (κ3) is 14.4. The van der Waals surface area contributed by atoms with E-state index in [-0.39, 0.29) is 0 Å². The Morgan fingerprint density at radius 3 is 1.56 bits per heavy atom. The Morgan fingerprint density at radius 2 is 1.24 bits per heavy atom. The zero-order chi connectivity index (χ0) is 19.2. The zero-order valence-electron chi connectivity index (χ0n) is 16.0. The van der Waals surface area contributed by atoms with Crippen molar-refractivity contribution in [2.45, 2.75) is 65.5 Å². The van der Waals surface area contributed by atoms with Crippen molar-refractivity contribution < 1.29 is 17.5 Å². The summed E-state index contributed by atoms with van der Waals surface area (Å²) in [7, 11) is -5.68. The highest BCUT2D eigenvalue weighted by atomic mass is 32.3. The lowest BCUT2D eigenvalue weighted by atomic mass is 10.2. The molecule has 0 atom stereocenters. The fourth-order valence-electron chi connectivity index (χ4n) is 3.02. The molecule has 0 amide bonds. The minimum atomic E-state index is -4.92. The predicted octanol–water partition coefficient (Wildman–Crippen LogP) is 5.61. The summed E-state index contributed by atoms with van der Waals surface area (Å²) in [6.45, 7) is 7.03. The molecule has 0 saturated carbocycles. The Balaban J connectivity index is 0.00000101. The molecule has 1 rings (SSSR count). The lowest BCUT2D eigenvalue weighted by Gasteiger charge is -2.28. The Hall–Kier alpha value is -0.480. The first-order chi connectivity index (χ1) is 11.8. The maximum atomic E-state index is 8.63. The number of benzene rings is 1. The van der Waals surface area contributed by atoms with Gasteiger partial charge in [0.05, 0.1) is 24.6 Å². The van der Waals surface area contributed by atoms with Gasteiger partial charge in [-0.25, -0.2) is 8.42 Å². The molecule has 0 unspecified atom stereocenters. The molecule has 0 spiro atoms. The molecular weight excluding hydrogens is 355 g/mol. The van der Waals surface area contributed by atoms with Crippen LogP contribution in [-0.4, -0.2) is 36.0 Å². The van der Waals surface area contributed by atoms with Crippen molar-refractivity contribution in [2.75, 3.05) is 18.5 Å². The van der Waals surface area contributed by atoms with Crippen molar-refractivity contribution in [1.82, 2.24) is 0 Å². The summed E-state index contributed by atoms with van der Waals surface area (Å²) in [6, 6.07) is 11.3. The highest BCUT2D eigenvalue weighted by Crippen LogP contribution is 2.63. The van der Waals surface area contributed by atoms with E-state index in [0.29, 0.717) is 0 Å². The van der Waals surface area contributed by atoms with Gasteiger partial charge in [-0.2, -0.15) is 0 Å². The van der Waals surface area contributed by atoms with Gasteiger partial charge < -0.3 is 4.55 Å². The Kier molecular flexibility index (Phi) is 13.4. The summed E-state index contributed by atoms with van der Waals surface area (Å²) >= 11 is 0. The molecule has 0 fully saturated rings. The SMILES string of the molecule is CCCC[P+](CCCC)(CCCC)Cc1ccccc1.O=S(=O)([O-])O. The minimum absolute atomic E-state index is 0.768. The van der Waals surface area contributed by atoms with Crippen LogP contribution in [0.1, 0.15) is 64.9 Å². The van der Waals surface area contributed by atoms with Crippen LogP contribution in [0.4, 0.5) is 0 Å². The molecular formula is C19H35O4PS. The minimum Gasteiger partial charge on any atom is -0.726 e. The first-order valence-electron chi connectivity index (χ1n) is 9.33. The topological polar surface area (TPSA) is 77.4 Å². The van der Waals surface area contributed by atoms with Gasteiger partial charge in [-0.1, -0.05) is 70.4 Å². The molecule has 6 heteroatoms. The summed E-state index contributed by atoms with van der Waals surface area (Å²) in [5.74, 6) is 0. The number of rotatable bonds is 11. The molecule has 1 N–H and O–H groups in total. The van der Waals surface area contributed by atoms with Crippen molar-refractivity contribution in [3.05, 3.63) is 35.9 Å². The molecule has 25 heavy (non-hydrogen) atoms. The molecule has 0 radical (unpaired) electrons. The monoisotopic (exact) mass is 390 g/mol. The molecule has 1 aromatic carbocycles. The molecule has 4 nitrogen and oxygen atoms in total. The molecule has 0 aromatic heterocycles. The van der Waals surface area contributed by atoms with Crippen LogP contribution >= 0.6 is 7.26 Å². The van der Waals surface area contributed by atoms with Gasteiger partial charge in [0, 0.05) is 7.26 Å². The molecule has 0 aliphatic carbocycles. The van der Waals surface area contributed by atoms with Crippen molar-refractivity contribution in [2.24, 2.45) is 0 Å². The maximum Gasteiger partial charge on any atom is 0.215 e. The summed E-state index contributed by atoms with van der Waals surface area (Å²) < 4.78 is 32.8. The van der Waals surface area contributed by atoms with Crippen molar-refractivity contribution in [1.29, 1.82) is 0 Å². The van der Waals surface area contributed by atoms with Crippen LogP contribution in [0.3, 0.4) is 0 Å². The molecule has 0 aliphatic heterocycles. The van der Waals surface area contributed by atoms with Gasteiger partial charge in [-0.3, -0.25) is 4.55 Å². The average molecular weight is 391 g/mol. The van der Waals surface area contributed by atoms with E-state index in [1.54, 1.807) is 5.56 Å². The molecule has 146 valence electrons. The maximum absolute atomic E-state index is 8.63. The van der Waals surface area contributed by atoms with Gasteiger partial charge in [0.1, 0.15) is 0 Å². The first kappa shape index (κ1) is 24.5. The summed E-state index contributed by atoms with van der Waals surface area (Å²) in [4.78, 5) is 0. The summed E-state index contributed by atoms with van der Waals surface area (Å²) in [5, 5.41) is 0. The molecule has 0 heterocycles. The summed E-state index contributed by atoms with van der Waals surface area (Å²) in [5.41, 5.74) is 1.59. The largest absolute Gasteiger partial charge is 0.726 e. The van der Waals surface area contributed by atoms with Crippen molar-refractivity contribution in [3.8, 4) is 0 Å².